The summed E-state index contributed by atoms with van der Waals surface area (Å²) >= 11 is 0. The van der Waals surface area contributed by atoms with Gasteiger partial charge in [0.05, 0.1) is 0 Å². The molecule has 0 bridgehead atoms. The van der Waals surface area contributed by atoms with Crippen LogP contribution < -0.4 is 9.47 Å². The molecule has 3 aliphatic rings. The van der Waals surface area contributed by atoms with Gasteiger partial charge in [-0.25, -0.2) is 0 Å². The van der Waals surface area contributed by atoms with Crippen LogP contribution in [0.2, 0.25) is 0 Å². The highest BCUT2D eigenvalue weighted by molar-refractivity contribution is 5.68. The van der Waals surface area contributed by atoms with Crippen molar-refractivity contribution in [3.8, 4) is 46.0 Å². The maximum Gasteiger partial charge on any atom is 0.174 e. The van der Waals surface area contributed by atoms with Crippen molar-refractivity contribution in [3.05, 3.63) is 58.7 Å². The van der Waals surface area contributed by atoms with E-state index in [4.69, 9.17) is 9.47 Å². The molecule has 1 spiro atoms. The lowest BCUT2D eigenvalue weighted by atomic mass is 9.72. The number of rotatable bonds is 0. The third-order valence-corrected chi connectivity index (χ3v) is 7.66. The minimum absolute atomic E-state index is 0.0989. The van der Waals surface area contributed by atoms with Crippen molar-refractivity contribution in [2.45, 2.75) is 56.8 Å². The van der Waals surface area contributed by atoms with Crippen molar-refractivity contribution < 1.29 is 29.9 Å². The van der Waals surface area contributed by atoms with E-state index in [2.05, 4.69) is 27.7 Å². The van der Waals surface area contributed by atoms with Crippen LogP contribution in [0.4, 0.5) is 0 Å². The quantitative estimate of drug-likeness (QED) is 0.245. The molecule has 0 aromatic heterocycles. The number of fused-ring (bicyclic) bond motifs is 6. The van der Waals surface area contributed by atoms with Gasteiger partial charge in [0.15, 0.2) is 46.0 Å². The molecule has 0 radical (unpaired) electrons. The number of hydrogen-bond acceptors (Lipinski definition) is 6. The van der Waals surface area contributed by atoms with Crippen LogP contribution in [0, 0.1) is 0 Å². The Kier molecular flexibility index (Phi) is 3.57. The van der Waals surface area contributed by atoms with E-state index < -0.39 is 0 Å². The van der Waals surface area contributed by atoms with Crippen molar-refractivity contribution in [2.75, 3.05) is 0 Å². The Bertz CT molecular complexity index is 1370. The molecule has 0 saturated carbocycles. The molecule has 3 aromatic rings. The Labute approximate surface area is 191 Å². The molecule has 0 fully saturated rings. The standard InChI is InChI=1S/C27H26O6/c1-25(2)11-27(15-6-18(29)17(28)5-13(15)25)12-26(3,4)14-7-21-22(8-16(14)27)33-24-10-20(31)19(30)9-23(24)32-21/h5-10,28-31H,11-12H2,1-4H3. The third kappa shape index (κ3) is 2.55. The van der Waals surface area contributed by atoms with E-state index >= 15 is 0 Å². The fourth-order valence-electron chi connectivity index (χ4n) is 6.43. The van der Waals surface area contributed by atoms with E-state index in [-0.39, 0.29) is 39.2 Å². The van der Waals surface area contributed by atoms with Crippen LogP contribution in [-0.4, -0.2) is 20.4 Å². The second-order valence-corrected chi connectivity index (χ2v) is 10.9. The van der Waals surface area contributed by atoms with Gasteiger partial charge < -0.3 is 29.9 Å². The van der Waals surface area contributed by atoms with Crippen LogP contribution in [0.5, 0.6) is 46.0 Å². The summed E-state index contributed by atoms with van der Waals surface area (Å²) in [6.07, 6.45) is 1.67. The van der Waals surface area contributed by atoms with Gasteiger partial charge in [-0.3, -0.25) is 0 Å². The van der Waals surface area contributed by atoms with Gasteiger partial charge in [-0.15, -0.1) is 0 Å². The lowest BCUT2D eigenvalue weighted by molar-refractivity contribution is 0.344. The van der Waals surface area contributed by atoms with E-state index in [1.165, 1.54) is 12.1 Å². The topological polar surface area (TPSA) is 99.4 Å². The lowest BCUT2D eigenvalue weighted by Gasteiger charge is -2.31. The maximum atomic E-state index is 10.4. The molecular formula is C27H26O6. The zero-order valence-electron chi connectivity index (χ0n) is 19.0. The molecule has 4 N–H and O–H groups in total. The van der Waals surface area contributed by atoms with Crippen molar-refractivity contribution in [3.63, 3.8) is 0 Å². The minimum atomic E-state index is -0.349. The molecule has 33 heavy (non-hydrogen) atoms. The number of hydrogen-bond donors (Lipinski definition) is 4. The van der Waals surface area contributed by atoms with E-state index in [0.29, 0.717) is 23.0 Å². The van der Waals surface area contributed by atoms with E-state index in [1.54, 1.807) is 12.1 Å². The third-order valence-electron chi connectivity index (χ3n) is 7.66. The zero-order valence-corrected chi connectivity index (χ0v) is 19.0. The van der Waals surface area contributed by atoms with Gasteiger partial charge in [-0.1, -0.05) is 27.7 Å². The summed E-state index contributed by atoms with van der Waals surface area (Å²) in [6.45, 7) is 8.76. The monoisotopic (exact) mass is 446 g/mol. The van der Waals surface area contributed by atoms with Gasteiger partial charge in [0, 0.05) is 17.5 Å². The summed E-state index contributed by atoms with van der Waals surface area (Å²) in [5.41, 5.74) is 3.64. The SMILES string of the molecule is CC1(C)CC2(CC(C)(C)c3cc4c(cc32)Oc2cc(O)c(O)cc2O4)c2cc(O)c(O)cc21. The number of phenols is 4. The number of aromatic hydroxyl groups is 4. The molecular weight excluding hydrogens is 420 g/mol. The summed E-state index contributed by atoms with van der Waals surface area (Å²) in [6, 6.07) is 10.1. The first-order valence-corrected chi connectivity index (χ1v) is 11.1. The molecule has 0 amide bonds. The fraction of sp³-hybridized carbons (Fsp3) is 0.333. The van der Waals surface area contributed by atoms with Crippen LogP contribution in [0.15, 0.2) is 36.4 Å². The number of ether oxygens (including phenoxy) is 2. The first-order valence-electron chi connectivity index (χ1n) is 11.1. The molecule has 0 saturated heterocycles. The summed E-state index contributed by atoms with van der Waals surface area (Å²) in [5.74, 6) is 1.02. The van der Waals surface area contributed by atoms with E-state index in [1.807, 2.05) is 12.1 Å². The first-order chi connectivity index (χ1) is 15.4. The second kappa shape index (κ2) is 5.87. The molecule has 6 heteroatoms. The van der Waals surface area contributed by atoms with Gasteiger partial charge in [-0.2, -0.15) is 0 Å². The number of phenolic OH excluding ortho intramolecular Hbond substituents is 4. The first kappa shape index (κ1) is 20.1. The van der Waals surface area contributed by atoms with Gasteiger partial charge in [0.25, 0.3) is 0 Å². The molecule has 1 unspecified atom stereocenters. The van der Waals surface area contributed by atoms with Gasteiger partial charge in [-0.05, 0) is 70.2 Å². The Hall–Kier alpha value is -3.54. The molecule has 3 aromatic carbocycles. The largest absolute Gasteiger partial charge is 0.504 e. The molecule has 1 heterocycles. The van der Waals surface area contributed by atoms with E-state index in [0.717, 1.165) is 35.1 Å². The Balaban J connectivity index is 1.57. The fourth-order valence-corrected chi connectivity index (χ4v) is 6.43. The molecule has 6 rings (SSSR count). The van der Waals surface area contributed by atoms with Crippen molar-refractivity contribution in [2.24, 2.45) is 0 Å². The molecule has 1 aliphatic heterocycles. The Morgan fingerprint density at radius 3 is 1.36 bits per heavy atom. The summed E-state index contributed by atoms with van der Waals surface area (Å²) in [5, 5.41) is 40.4. The van der Waals surface area contributed by atoms with Gasteiger partial charge in [0.2, 0.25) is 0 Å². The summed E-state index contributed by atoms with van der Waals surface area (Å²) in [4.78, 5) is 0. The van der Waals surface area contributed by atoms with E-state index in [9.17, 15) is 20.4 Å². The highest BCUT2D eigenvalue weighted by Gasteiger charge is 2.57. The zero-order chi connectivity index (χ0) is 23.5. The normalized spacial score (nSPS) is 22.7. The number of benzene rings is 3. The Morgan fingerprint density at radius 2 is 0.848 bits per heavy atom. The summed E-state index contributed by atoms with van der Waals surface area (Å²) < 4.78 is 12.2. The molecule has 170 valence electrons. The highest BCUT2D eigenvalue weighted by Crippen LogP contribution is 2.65. The minimum Gasteiger partial charge on any atom is -0.504 e. The lowest BCUT2D eigenvalue weighted by Crippen LogP contribution is -2.27. The molecule has 2 aliphatic carbocycles. The van der Waals surface area contributed by atoms with Gasteiger partial charge in [0.1, 0.15) is 0 Å². The van der Waals surface area contributed by atoms with Crippen LogP contribution in [0.25, 0.3) is 0 Å². The van der Waals surface area contributed by atoms with Crippen molar-refractivity contribution in [1.29, 1.82) is 0 Å². The van der Waals surface area contributed by atoms with Crippen LogP contribution in [-0.2, 0) is 16.2 Å². The smallest absolute Gasteiger partial charge is 0.174 e. The molecule has 1 atom stereocenters. The average molecular weight is 446 g/mol. The van der Waals surface area contributed by atoms with Crippen LogP contribution >= 0.6 is 0 Å². The molecule has 6 nitrogen and oxygen atoms in total. The second-order valence-electron chi connectivity index (χ2n) is 10.9. The Morgan fingerprint density at radius 1 is 0.515 bits per heavy atom. The summed E-state index contributed by atoms with van der Waals surface area (Å²) in [7, 11) is 0. The van der Waals surface area contributed by atoms with Crippen LogP contribution in [0.1, 0.15) is 62.8 Å². The highest BCUT2D eigenvalue weighted by atomic mass is 16.6. The predicted octanol–water partition coefficient (Wildman–Crippen LogP) is 6.06. The van der Waals surface area contributed by atoms with Gasteiger partial charge >= 0.3 is 0 Å². The van der Waals surface area contributed by atoms with Crippen LogP contribution in [0.3, 0.4) is 0 Å². The van der Waals surface area contributed by atoms with Crippen molar-refractivity contribution >= 4 is 0 Å². The van der Waals surface area contributed by atoms with Crippen molar-refractivity contribution in [1.82, 2.24) is 0 Å². The average Bonchev–Trinajstić information content (AvgIpc) is 3.06. The predicted molar refractivity (Wildman–Crippen MR) is 122 cm³/mol. The maximum absolute atomic E-state index is 10.4.